The van der Waals surface area contributed by atoms with Crippen LogP contribution in [0.15, 0.2) is 34.6 Å². The van der Waals surface area contributed by atoms with Crippen LogP contribution in [-0.2, 0) is 12.8 Å². The van der Waals surface area contributed by atoms with Crippen LogP contribution in [0.4, 0.5) is 10.8 Å². The lowest BCUT2D eigenvalue weighted by Gasteiger charge is -2.12. The second-order valence-electron chi connectivity index (χ2n) is 6.01. The molecule has 1 aliphatic rings. The summed E-state index contributed by atoms with van der Waals surface area (Å²) in [5, 5.41) is 6.41. The van der Waals surface area contributed by atoms with E-state index in [0.29, 0.717) is 12.5 Å². The first-order chi connectivity index (χ1) is 11.7. The van der Waals surface area contributed by atoms with E-state index in [1.54, 1.807) is 11.3 Å². The van der Waals surface area contributed by atoms with E-state index in [1.807, 2.05) is 12.1 Å². The highest BCUT2D eigenvalue weighted by Gasteiger charge is 2.15. The third-order valence-corrected chi connectivity index (χ3v) is 5.15. The van der Waals surface area contributed by atoms with Gasteiger partial charge in [-0.3, -0.25) is 4.99 Å². The molecule has 0 unspecified atom stereocenters. The standard InChI is InChI=1S/C18H25N5S/c1-2-14-5-7-15(8-6-14)21-17(19)20-10-9-16-13-24-18(22-16)23-11-3-4-12-23/h5-8,13H,2-4,9-12H2,1H3,(H3,19,20,21). The molecular weight excluding hydrogens is 318 g/mol. The minimum atomic E-state index is 0.453. The molecule has 1 aromatic carbocycles. The van der Waals surface area contributed by atoms with Crippen LogP contribution in [0.5, 0.6) is 0 Å². The van der Waals surface area contributed by atoms with E-state index in [2.05, 4.69) is 39.6 Å². The van der Waals surface area contributed by atoms with Gasteiger partial charge in [0.2, 0.25) is 0 Å². The van der Waals surface area contributed by atoms with Gasteiger partial charge in [0, 0.05) is 37.1 Å². The largest absolute Gasteiger partial charge is 0.370 e. The minimum Gasteiger partial charge on any atom is -0.370 e. The number of thiazole rings is 1. The Morgan fingerprint density at radius 3 is 2.75 bits per heavy atom. The Labute approximate surface area is 147 Å². The molecule has 0 bridgehead atoms. The van der Waals surface area contributed by atoms with Crippen LogP contribution < -0.4 is 16.0 Å². The summed E-state index contributed by atoms with van der Waals surface area (Å²) in [5.41, 5.74) is 9.34. The van der Waals surface area contributed by atoms with E-state index >= 15 is 0 Å². The van der Waals surface area contributed by atoms with E-state index < -0.39 is 0 Å². The number of nitrogens with two attached hydrogens (primary N) is 1. The molecule has 128 valence electrons. The van der Waals surface area contributed by atoms with Gasteiger partial charge in [0.1, 0.15) is 0 Å². The third-order valence-electron chi connectivity index (χ3n) is 4.20. The number of aliphatic imine (C=N–C) groups is 1. The number of rotatable bonds is 6. The van der Waals surface area contributed by atoms with Crippen molar-refractivity contribution in [3.05, 3.63) is 40.9 Å². The van der Waals surface area contributed by atoms with Crippen LogP contribution in [0.2, 0.25) is 0 Å². The van der Waals surface area contributed by atoms with E-state index in [0.717, 1.165) is 42.4 Å². The molecule has 0 spiro atoms. The van der Waals surface area contributed by atoms with Gasteiger partial charge in [-0.05, 0) is 37.0 Å². The molecule has 0 atom stereocenters. The zero-order chi connectivity index (χ0) is 16.8. The first-order valence-electron chi connectivity index (χ1n) is 8.60. The van der Waals surface area contributed by atoms with Gasteiger partial charge in [0.15, 0.2) is 11.1 Å². The van der Waals surface area contributed by atoms with Crippen molar-refractivity contribution in [1.82, 2.24) is 4.98 Å². The van der Waals surface area contributed by atoms with E-state index in [-0.39, 0.29) is 0 Å². The Balaban J connectivity index is 1.48. The average molecular weight is 344 g/mol. The number of benzene rings is 1. The number of hydrogen-bond acceptors (Lipinski definition) is 4. The first kappa shape index (κ1) is 16.8. The van der Waals surface area contributed by atoms with Crippen LogP contribution in [0.3, 0.4) is 0 Å². The number of aryl methyl sites for hydroxylation is 1. The Hall–Kier alpha value is -2.08. The monoisotopic (exact) mass is 343 g/mol. The molecule has 1 saturated heterocycles. The van der Waals surface area contributed by atoms with Crippen molar-refractivity contribution >= 4 is 28.1 Å². The molecule has 6 heteroatoms. The third kappa shape index (κ3) is 4.47. The fraction of sp³-hybridized carbons (Fsp3) is 0.444. The van der Waals surface area contributed by atoms with E-state index in [9.17, 15) is 0 Å². The van der Waals surface area contributed by atoms with E-state index in [1.165, 1.54) is 18.4 Å². The normalized spacial score (nSPS) is 15.0. The van der Waals surface area contributed by atoms with Gasteiger partial charge in [-0.2, -0.15) is 0 Å². The van der Waals surface area contributed by atoms with Gasteiger partial charge in [-0.15, -0.1) is 11.3 Å². The zero-order valence-corrected chi connectivity index (χ0v) is 15.0. The lowest BCUT2D eigenvalue weighted by molar-refractivity contribution is 0.907. The number of aromatic nitrogens is 1. The van der Waals surface area contributed by atoms with Gasteiger partial charge in [0.25, 0.3) is 0 Å². The predicted octanol–water partition coefficient (Wildman–Crippen LogP) is 3.28. The van der Waals surface area contributed by atoms with Crippen molar-refractivity contribution < 1.29 is 0 Å². The fourth-order valence-electron chi connectivity index (χ4n) is 2.77. The number of nitrogens with zero attached hydrogens (tertiary/aromatic N) is 3. The molecule has 24 heavy (non-hydrogen) atoms. The van der Waals surface area contributed by atoms with Crippen molar-refractivity contribution in [2.75, 3.05) is 29.9 Å². The zero-order valence-electron chi connectivity index (χ0n) is 14.2. The summed E-state index contributed by atoms with van der Waals surface area (Å²) < 4.78 is 0. The van der Waals surface area contributed by atoms with Crippen molar-refractivity contribution in [3.8, 4) is 0 Å². The summed E-state index contributed by atoms with van der Waals surface area (Å²) in [7, 11) is 0. The lowest BCUT2D eigenvalue weighted by Crippen LogP contribution is -2.23. The highest BCUT2D eigenvalue weighted by molar-refractivity contribution is 7.13. The van der Waals surface area contributed by atoms with Gasteiger partial charge < -0.3 is 16.0 Å². The highest BCUT2D eigenvalue weighted by atomic mass is 32.1. The second-order valence-corrected chi connectivity index (χ2v) is 6.84. The van der Waals surface area contributed by atoms with Crippen molar-refractivity contribution in [3.63, 3.8) is 0 Å². The smallest absolute Gasteiger partial charge is 0.193 e. The quantitative estimate of drug-likeness (QED) is 0.624. The Morgan fingerprint density at radius 2 is 2.04 bits per heavy atom. The van der Waals surface area contributed by atoms with E-state index in [4.69, 9.17) is 10.7 Å². The van der Waals surface area contributed by atoms with Gasteiger partial charge >= 0.3 is 0 Å². The molecular formula is C18H25N5S. The molecule has 3 rings (SSSR count). The summed E-state index contributed by atoms with van der Waals surface area (Å²) >= 11 is 1.73. The Morgan fingerprint density at radius 1 is 1.29 bits per heavy atom. The summed E-state index contributed by atoms with van der Waals surface area (Å²) in [6.07, 6.45) is 4.42. The highest BCUT2D eigenvalue weighted by Crippen LogP contribution is 2.24. The maximum atomic E-state index is 5.96. The second kappa shape index (κ2) is 8.15. The molecule has 3 N–H and O–H groups in total. The molecule has 5 nitrogen and oxygen atoms in total. The lowest BCUT2D eigenvalue weighted by atomic mass is 10.1. The fourth-order valence-corrected chi connectivity index (χ4v) is 3.68. The Kier molecular flexibility index (Phi) is 5.69. The van der Waals surface area contributed by atoms with Gasteiger partial charge in [-0.1, -0.05) is 19.1 Å². The molecule has 1 aliphatic heterocycles. The van der Waals surface area contributed by atoms with Crippen LogP contribution in [-0.4, -0.2) is 30.6 Å². The summed E-state index contributed by atoms with van der Waals surface area (Å²) in [4.78, 5) is 11.5. The summed E-state index contributed by atoms with van der Waals surface area (Å²) in [6, 6.07) is 8.27. The number of hydrogen-bond donors (Lipinski definition) is 2. The summed E-state index contributed by atoms with van der Waals surface area (Å²) in [5.74, 6) is 0.453. The molecule has 0 aliphatic carbocycles. The maximum Gasteiger partial charge on any atom is 0.193 e. The Bertz CT molecular complexity index is 671. The molecule has 0 saturated carbocycles. The molecule has 1 fully saturated rings. The molecule has 0 radical (unpaired) electrons. The molecule has 0 amide bonds. The van der Waals surface area contributed by atoms with Crippen molar-refractivity contribution in [2.24, 2.45) is 10.7 Å². The number of guanidine groups is 1. The molecule has 2 aromatic rings. The number of nitrogens with one attached hydrogen (secondary N) is 1. The van der Waals surface area contributed by atoms with Gasteiger partial charge in [0.05, 0.1) is 5.69 Å². The number of anilines is 2. The van der Waals surface area contributed by atoms with Crippen molar-refractivity contribution in [1.29, 1.82) is 0 Å². The molecule has 2 heterocycles. The minimum absolute atomic E-state index is 0.453. The average Bonchev–Trinajstić information content (AvgIpc) is 3.27. The SMILES string of the molecule is CCc1ccc(NC(N)=NCCc2csc(N3CCCC3)n2)cc1. The van der Waals surface area contributed by atoms with Crippen LogP contribution in [0, 0.1) is 0 Å². The van der Waals surface area contributed by atoms with Gasteiger partial charge in [-0.25, -0.2) is 4.98 Å². The summed E-state index contributed by atoms with van der Waals surface area (Å²) in [6.45, 7) is 5.07. The van der Waals surface area contributed by atoms with Crippen molar-refractivity contribution in [2.45, 2.75) is 32.6 Å². The van der Waals surface area contributed by atoms with Crippen LogP contribution in [0.25, 0.3) is 0 Å². The topological polar surface area (TPSA) is 66.5 Å². The maximum absolute atomic E-state index is 5.96. The van der Waals surface area contributed by atoms with Crippen LogP contribution >= 0.6 is 11.3 Å². The van der Waals surface area contributed by atoms with Crippen LogP contribution in [0.1, 0.15) is 31.0 Å². The predicted molar refractivity (Wildman–Crippen MR) is 103 cm³/mol. The first-order valence-corrected chi connectivity index (χ1v) is 9.48. The molecule has 1 aromatic heterocycles.